The first-order valence-electron chi connectivity index (χ1n) is 10.5. The fourth-order valence-corrected chi connectivity index (χ4v) is 5.92. The number of nitrogens with one attached hydrogen (secondary N) is 1. The second-order valence-corrected chi connectivity index (χ2v) is 8.43. The van der Waals surface area contributed by atoms with Gasteiger partial charge in [0.05, 0.1) is 12.5 Å². The molecule has 150 valence electrons. The number of benzene rings is 1. The molecule has 3 fully saturated rings. The molecule has 5 rings (SSSR count). The summed E-state index contributed by atoms with van der Waals surface area (Å²) < 4.78 is 0. The number of para-hydroxylation sites is 1. The molecule has 0 unspecified atom stereocenters. The SMILES string of the molecule is O=C([C@H]1C[C@H]2CCCN2[C@]12C(=O)Nc1ccccc12)N1CCN(CCO)CC1. The van der Waals surface area contributed by atoms with Gasteiger partial charge in [-0.1, -0.05) is 18.2 Å². The molecule has 4 heterocycles. The monoisotopic (exact) mass is 384 g/mol. The number of fused-ring (bicyclic) bond motifs is 4. The number of carbonyl (C=O) groups is 2. The number of hydrogen-bond donors (Lipinski definition) is 2. The first kappa shape index (κ1) is 18.1. The molecule has 3 saturated heterocycles. The van der Waals surface area contributed by atoms with Gasteiger partial charge in [-0.25, -0.2) is 0 Å². The summed E-state index contributed by atoms with van der Waals surface area (Å²) in [4.78, 5) is 33.5. The van der Waals surface area contributed by atoms with Crippen LogP contribution >= 0.6 is 0 Å². The van der Waals surface area contributed by atoms with Crippen molar-refractivity contribution in [2.24, 2.45) is 5.92 Å². The summed E-state index contributed by atoms with van der Waals surface area (Å²) in [7, 11) is 0. The minimum Gasteiger partial charge on any atom is -0.395 e. The predicted octanol–water partition coefficient (Wildman–Crippen LogP) is 0.455. The number of carbonyl (C=O) groups excluding carboxylic acids is 2. The molecule has 7 heteroatoms. The fourth-order valence-electron chi connectivity index (χ4n) is 5.92. The zero-order valence-electron chi connectivity index (χ0n) is 16.1. The Kier molecular flexibility index (Phi) is 4.41. The molecule has 2 amide bonds. The highest BCUT2D eigenvalue weighted by molar-refractivity contribution is 6.09. The molecule has 0 aromatic heterocycles. The van der Waals surface area contributed by atoms with E-state index in [4.69, 9.17) is 5.11 Å². The molecule has 4 aliphatic rings. The second-order valence-electron chi connectivity index (χ2n) is 8.43. The molecule has 0 radical (unpaired) electrons. The van der Waals surface area contributed by atoms with Crippen LogP contribution in [-0.4, -0.2) is 83.5 Å². The Labute approximate surface area is 165 Å². The van der Waals surface area contributed by atoms with Crippen molar-refractivity contribution in [3.63, 3.8) is 0 Å². The van der Waals surface area contributed by atoms with Crippen LogP contribution in [0.4, 0.5) is 5.69 Å². The molecule has 0 bridgehead atoms. The van der Waals surface area contributed by atoms with Crippen LogP contribution in [0.25, 0.3) is 0 Å². The summed E-state index contributed by atoms with van der Waals surface area (Å²) in [6, 6.07) is 8.18. The van der Waals surface area contributed by atoms with Crippen molar-refractivity contribution in [2.45, 2.75) is 30.8 Å². The molecule has 7 nitrogen and oxygen atoms in total. The number of rotatable bonds is 3. The van der Waals surface area contributed by atoms with Gasteiger partial charge in [0.1, 0.15) is 5.54 Å². The number of β-amino-alcohol motifs (C(OH)–C–C–N with tert-alkyl or cyclic N) is 1. The van der Waals surface area contributed by atoms with Gasteiger partial charge in [-0.3, -0.25) is 19.4 Å². The van der Waals surface area contributed by atoms with Crippen LogP contribution in [0.5, 0.6) is 0 Å². The van der Waals surface area contributed by atoms with Crippen LogP contribution < -0.4 is 5.32 Å². The molecule has 1 aromatic rings. The van der Waals surface area contributed by atoms with Crippen LogP contribution in [0.15, 0.2) is 24.3 Å². The Morgan fingerprint density at radius 3 is 2.75 bits per heavy atom. The van der Waals surface area contributed by atoms with E-state index < -0.39 is 5.54 Å². The van der Waals surface area contributed by atoms with Gasteiger partial charge >= 0.3 is 0 Å². The van der Waals surface area contributed by atoms with Gasteiger partial charge in [-0.2, -0.15) is 0 Å². The Morgan fingerprint density at radius 1 is 1.18 bits per heavy atom. The van der Waals surface area contributed by atoms with E-state index in [9.17, 15) is 9.59 Å². The van der Waals surface area contributed by atoms with Crippen LogP contribution in [-0.2, 0) is 15.1 Å². The van der Waals surface area contributed by atoms with E-state index in [0.717, 1.165) is 50.1 Å². The molecule has 0 saturated carbocycles. The average Bonchev–Trinajstić information content (AvgIpc) is 3.37. The summed E-state index contributed by atoms with van der Waals surface area (Å²) >= 11 is 0. The van der Waals surface area contributed by atoms with Crippen molar-refractivity contribution >= 4 is 17.5 Å². The lowest BCUT2D eigenvalue weighted by Crippen LogP contribution is -2.57. The van der Waals surface area contributed by atoms with E-state index in [1.165, 1.54) is 0 Å². The number of anilines is 1. The number of hydrogen-bond acceptors (Lipinski definition) is 5. The van der Waals surface area contributed by atoms with Gasteiger partial charge < -0.3 is 15.3 Å². The summed E-state index contributed by atoms with van der Waals surface area (Å²) in [6.07, 6.45) is 2.91. The molecule has 0 aliphatic carbocycles. The zero-order chi connectivity index (χ0) is 19.3. The maximum atomic E-state index is 13.7. The molecule has 4 aliphatic heterocycles. The minimum atomic E-state index is -0.850. The van der Waals surface area contributed by atoms with Crippen molar-refractivity contribution in [1.82, 2.24) is 14.7 Å². The first-order valence-corrected chi connectivity index (χ1v) is 10.5. The number of aliphatic hydroxyl groups is 1. The third kappa shape index (κ3) is 2.46. The van der Waals surface area contributed by atoms with Crippen molar-refractivity contribution in [3.05, 3.63) is 29.8 Å². The summed E-state index contributed by atoms with van der Waals surface area (Å²) in [5.74, 6) is -0.244. The summed E-state index contributed by atoms with van der Waals surface area (Å²) in [5.41, 5.74) is 0.976. The van der Waals surface area contributed by atoms with E-state index in [2.05, 4.69) is 15.1 Å². The number of piperazine rings is 1. The fraction of sp³-hybridized carbons (Fsp3) is 0.619. The standard InChI is InChI=1S/C21H28N4O3/c26-13-12-23-8-10-24(11-9-23)19(27)17-14-15-4-3-7-25(15)21(17)16-5-1-2-6-18(16)22-20(21)28/h1-2,5-6,15,17,26H,3-4,7-14H2,(H,22,28)/t15-,17-,21+/m1/s1. The molecule has 3 atom stereocenters. The molecule has 1 aromatic carbocycles. The van der Waals surface area contributed by atoms with E-state index in [0.29, 0.717) is 25.7 Å². The maximum absolute atomic E-state index is 13.7. The third-order valence-electron chi connectivity index (χ3n) is 7.17. The van der Waals surface area contributed by atoms with Gasteiger partial charge in [0.15, 0.2) is 0 Å². The van der Waals surface area contributed by atoms with Crippen molar-refractivity contribution in [2.75, 3.05) is 51.2 Å². The van der Waals surface area contributed by atoms with Gasteiger partial charge in [0.2, 0.25) is 11.8 Å². The van der Waals surface area contributed by atoms with E-state index in [1.54, 1.807) is 0 Å². The maximum Gasteiger partial charge on any atom is 0.250 e. The number of aliphatic hydroxyl groups excluding tert-OH is 1. The summed E-state index contributed by atoms with van der Waals surface area (Å²) in [5, 5.41) is 12.2. The zero-order valence-corrected chi connectivity index (χ0v) is 16.1. The molecular formula is C21H28N4O3. The van der Waals surface area contributed by atoms with Crippen LogP contribution in [0.3, 0.4) is 0 Å². The molecule has 1 spiro atoms. The molecule has 2 N–H and O–H groups in total. The lowest BCUT2D eigenvalue weighted by Gasteiger charge is -2.40. The second kappa shape index (κ2) is 6.83. The van der Waals surface area contributed by atoms with Crippen LogP contribution in [0.1, 0.15) is 24.8 Å². The van der Waals surface area contributed by atoms with Gasteiger partial charge in [-0.15, -0.1) is 0 Å². The Bertz CT molecular complexity index is 792. The topological polar surface area (TPSA) is 76.1 Å². The molecule has 28 heavy (non-hydrogen) atoms. The normalized spacial score (nSPS) is 32.6. The largest absolute Gasteiger partial charge is 0.395 e. The van der Waals surface area contributed by atoms with E-state index in [1.807, 2.05) is 29.2 Å². The Balaban J connectivity index is 1.48. The van der Waals surface area contributed by atoms with E-state index in [-0.39, 0.29) is 24.3 Å². The Morgan fingerprint density at radius 2 is 1.96 bits per heavy atom. The third-order valence-corrected chi connectivity index (χ3v) is 7.17. The molecular weight excluding hydrogens is 356 g/mol. The van der Waals surface area contributed by atoms with Crippen molar-refractivity contribution in [3.8, 4) is 0 Å². The van der Waals surface area contributed by atoms with Crippen molar-refractivity contribution < 1.29 is 14.7 Å². The highest BCUT2D eigenvalue weighted by Crippen LogP contribution is 2.55. The smallest absolute Gasteiger partial charge is 0.250 e. The minimum absolute atomic E-state index is 0.0321. The van der Waals surface area contributed by atoms with Gasteiger partial charge in [0.25, 0.3) is 0 Å². The first-order chi connectivity index (χ1) is 13.7. The lowest BCUT2D eigenvalue weighted by molar-refractivity contribution is -0.145. The van der Waals surface area contributed by atoms with E-state index >= 15 is 0 Å². The lowest BCUT2D eigenvalue weighted by atomic mass is 9.78. The quantitative estimate of drug-likeness (QED) is 0.792. The van der Waals surface area contributed by atoms with Crippen molar-refractivity contribution in [1.29, 1.82) is 0 Å². The van der Waals surface area contributed by atoms with Gasteiger partial charge in [0, 0.05) is 50.0 Å². The Hall–Kier alpha value is -1.96. The highest BCUT2D eigenvalue weighted by Gasteiger charge is 2.65. The summed E-state index contributed by atoms with van der Waals surface area (Å²) in [6.45, 7) is 4.57. The van der Waals surface area contributed by atoms with Gasteiger partial charge in [-0.05, 0) is 31.9 Å². The predicted molar refractivity (Wildman–Crippen MR) is 105 cm³/mol. The number of amides is 2. The highest BCUT2D eigenvalue weighted by atomic mass is 16.3. The number of nitrogens with zero attached hydrogens (tertiary/aromatic N) is 3. The average molecular weight is 384 g/mol. The van der Waals surface area contributed by atoms with Crippen LogP contribution in [0.2, 0.25) is 0 Å². The van der Waals surface area contributed by atoms with Crippen LogP contribution in [0, 0.1) is 5.92 Å².